The van der Waals surface area contributed by atoms with Gasteiger partial charge in [-0.3, -0.25) is 14.9 Å². The van der Waals surface area contributed by atoms with Crippen LogP contribution < -0.4 is 5.73 Å². The number of non-ortho nitro benzene ring substituents is 1. The van der Waals surface area contributed by atoms with Gasteiger partial charge in [0.25, 0.3) is 11.6 Å². The van der Waals surface area contributed by atoms with Gasteiger partial charge in [-0.2, -0.15) is 0 Å². The van der Waals surface area contributed by atoms with Gasteiger partial charge in [-0.15, -0.1) is 0 Å². The van der Waals surface area contributed by atoms with Gasteiger partial charge in [0.1, 0.15) is 6.10 Å². The number of ether oxygens (including phenoxy) is 1. The van der Waals surface area contributed by atoms with E-state index in [1.807, 2.05) is 0 Å². The summed E-state index contributed by atoms with van der Waals surface area (Å²) in [7, 11) is 0. The Morgan fingerprint density at radius 3 is 2.91 bits per heavy atom. The van der Waals surface area contributed by atoms with Crippen LogP contribution in [0.3, 0.4) is 0 Å². The second kappa shape index (κ2) is 6.02. The zero-order chi connectivity index (χ0) is 15.7. The van der Waals surface area contributed by atoms with E-state index in [0.29, 0.717) is 32.5 Å². The topological polar surface area (TPSA) is 98.7 Å². The van der Waals surface area contributed by atoms with E-state index in [4.69, 9.17) is 10.5 Å². The van der Waals surface area contributed by atoms with Crippen LogP contribution in [0, 0.1) is 10.1 Å². The van der Waals surface area contributed by atoms with E-state index in [9.17, 15) is 14.9 Å². The highest BCUT2D eigenvalue weighted by Crippen LogP contribution is 2.26. The highest BCUT2D eigenvalue weighted by atomic mass is 16.6. The van der Waals surface area contributed by atoms with Crippen molar-refractivity contribution < 1.29 is 14.5 Å². The van der Waals surface area contributed by atoms with Crippen LogP contribution in [0.15, 0.2) is 18.2 Å². The summed E-state index contributed by atoms with van der Waals surface area (Å²) < 4.78 is 5.65. The summed E-state index contributed by atoms with van der Waals surface area (Å²) in [6, 6.07) is 4.86. The lowest BCUT2D eigenvalue weighted by atomic mass is 9.98. The lowest BCUT2D eigenvalue weighted by Crippen LogP contribution is -2.42. The predicted octanol–water partition coefficient (Wildman–Crippen LogP) is 0.986. The first-order valence-corrected chi connectivity index (χ1v) is 7.49. The molecule has 3 rings (SSSR count). The molecule has 22 heavy (non-hydrogen) atoms. The number of nitro groups is 1. The van der Waals surface area contributed by atoms with Gasteiger partial charge in [0.2, 0.25) is 0 Å². The molecule has 0 bridgehead atoms. The molecule has 2 aliphatic heterocycles. The van der Waals surface area contributed by atoms with Crippen LogP contribution in [0.2, 0.25) is 0 Å². The van der Waals surface area contributed by atoms with Crippen molar-refractivity contribution >= 4 is 11.6 Å². The number of fused-ring (bicyclic) bond motifs is 1. The number of hydrogen-bond donors (Lipinski definition) is 1. The molecule has 2 heterocycles. The van der Waals surface area contributed by atoms with Crippen molar-refractivity contribution in [2.45, 2.75) is 38.0 Å². The van der Waals surface area contributed by atoms with E-state index in [1.165, 1.54) is 6.07 Å². The van der Waals surface area contributed by atoms with Crippen molar-refractivity contribution in [1.29, 1.82) is 0 Å². The van der Waals surface area contributed by atoms with E-state index in [2.05, 4.69) is 0 Å². The molecule has 1 saturated heterocycles. The molecule has 0 aromatic heterocycles. The number of hydrogen-bond acceptors (Lipinski definition) is 5. The van der Waals surface area contributed by atoms with Gasteiger partial charge in [-0.05, 0) is 30.4 Å². The van der Waals surface area contributed by atoms with Gasteiger partial charge in [0, 0.05) is 31.8 Å². The maximum atomic E-state index is 12.5. The predicted molar refractivity (Wildman–Crippen MR) is 79.2 cm³/mol. The highest BCUT2D eigenvalue weighted by molar-refractivity contribution is 5.81. The van der Waals surface area contributed by atoms with Crippen molar-refractivity contribution in [3.63, 3.8) is 0 Å². The summed E-state index contributed by atoms with van der Waals surface area (Å²) in [6.45, 7) is 1.46. The van der Waals surface area contributed by atoms with Crippen LogP contribution in [-0.4, -0.2) is 41.0 Å². The number of amides is 1. The van der Waals surface area contributed by atoms with Crippen LogP contribution in [-0.2, 0) is 22.5 Å². The molecular weight excluding hydrogens is 286 g/mol. The number of carbonyl (C=O) groups is 1. The van der Waals surface area contributed by atoms with Crippen molar-refractivity contribution in [3.05, 3.63) is 39.4 Å². The van der Waals surface area contributed by atoms with Crippen LogP contribution in [0.25, 0.3) is 0 Å². The Hall–Kier alpha value is -1.99. The smallest absolute Gasteiger partial charge is 0.269 e. The third kappa shape index (κ3) is 2.82. The number of benzene rings is 1. The van der Waals surface area contributed by atoms with Gasteiger partial charge in [-0.1, -0.05) is 6.07 Å². The zero-order valence-corrected chi connectivity index (χ0v) is 12.2. The molecule has 2 N–H and O–H groups in total. The molecule has 1 aromatic carbocycles. The molecule has 2 atom stereocenters. The summed E-state index contributed by atoms with van der Waals surface area (Å²) in [6.07, 6.45) is 1.76. The van der Waals surface area contributed by atoms with E-state index in [1.54, 1.807) is 17.0 Å². The van der Waals surface area contributed by atoms with E-state index in [-0.39, 0.29) is 17.7 Å². The summed E-state index contributed by atoms with van der Waals surface area (Å²) in [5, 5.41) is 10.9. The Morgan fingerprint density at radius 2 is 2.23 bits per heavy atom. The average Bonchev–Trinajstić information content (AvgIpc) is 3.02. The van der Waals surface area contributed by atoms with Gasteiger partial charge in [0.05, 0.1) is 11.0 Å². The third-order valence-corrected chi connectivity index (χ3v) is 4.37. The van der Waals surface area contributed by atoms with Crippen molar-refractivity contribution in [1.82, 2.24) is 4.90 Å². The number of rotatable bonds is 3. The summed E-state index contributed by atoms with van der Waals surface area (Å²) in [4.78, 5) is 24.7. The maximum absolute atomic E-state index is 12.5. The molecule has 0 saturated carbocycles. The normalized spacial score (nSPS) is 24.1. The molecule has 0 aliphatic carbocycles. The molecular formula is C15H19N3O4. The molecule has 1 aromatic rings. The molecule has 0 radical (unpaired) electrons. The van der Waals surface area contributed by atoms with Crippen LogP contribution in [0.4, 0.5) is 5.69 Å². The van der Waals surface area contributed by atoms with E-state index >= 15 is 0 Å². The minimum Gasteiger partial charge on any atom is -0.364 e. The van der Waals surface area contributed by atoms with Crippen LogP contribution in [0.5, 0.6) is 0 Å². The molecule has 1 fully saturated rings. The van der Waals surface area contributed by atoms with Gasteiger partial charge >= 0.3 is 0 Å². The Morgan fingerprint density at radius 1 is 1.41 bits per heavy atom. The summed E-state index contributed by atoms with van der Waals surface area (Å²) in [5.41, 5.74) is 7.55. The number of nitrogens with two attached hydrogens (primary N) is 1. The Bertz CT molecular complexity index is 604. The van der Waals surface area contributed by atoms with Crippen molar-refractivity contribution in [2.24, 2.45) is 5.73 Å². The summed E-state index contributed by atoms with van der Waals surface area (Å²) in [5.74, 6) is -0.0342. The number of nitrogens with zero attached hydrogens (tertiary/aromatic N) is 2. The molecule has 7 heteroatoms. The lowest BCUT2D eigenvalue weighted by molar-refractivity contribution is -0.385. The standard InChI is InChI=1S/C15H19N3O4/c16-8-13-3-4-14(22-13)15(19)17-6-5-10-1-2-12(18(20)21)7-11(10)9-17/h1-2,7,13-14H,3-6,8-9,16H2/t13-,14+/m1/s1. The molecule has 118 valence electrons. The number of nitro benzene ring substituents is 1. The third-order valence-electron chi connectivity index (χ3n) is 4.37. The largest absolute Gasteiger partial charge is 0.364 e. The van der Waals surface area contributed by atoms with E-state index in [0.717, 1.165) is 17.5 Å². The number of carbonyl (C=O) groups excluding carboxylic acids is 1. The van der Waals surface area contributed by atoms with E-state index < -0.39 is 11.0 Å². The first-order chi connectivity index (χ1) is 10.6. The maximum Gasteiger partial charge on any atom is 0.269 e. The Kier molecular flexibility index (Phi) is 4.08. The summed E-state index contributed by atoms with van der Waals surface area (Å²) >= 11 is 0. The highest BCUT2D eigenvalue weighted by Gasteiger charge is 2.34. The lowest BCUT2D eigenvalue weighted by Gasteiger charge is -2.30. The molecule has 0 spiro atoms. The second-order valence-corrected chi connectivity index (χ2v) is 5.78. The average molecular weight is 305 g/mol. The first kappa shape index (κ1) is 14.9. The first-order valence-electron chi connectivity index (χ1n) is 7.49. The Balaban J connectivity index is 1.72. The van der Waals surface area contributed by atoms with Crippen LogP contribution >= 0.6 is 0 Å². The Labute approximate surface area is 128 Å². The van der Waals surface area contributed by atoms with Gasteiger partial charge in [-0.25, -0.2) is 0 Å². The fraction of sp³-hybridized carbons (Fsp3) is 0.533. The fourth-order valence-corrected chi connectivity index (χ4v) is 3.11. The molecule has 1 amide bonds. The minimum absolute atomic E-state index is 0.0342. The van der Waals surface area contributed by atoms with Gasteiger partial charge < -0.3 is 15.4 Å². The van der Waals surface area contributed by atoms with Crippen molar-refractivity contribution in [2.75, 3.05) is 13.1 Å². The van der Waals surface area contributed by atoms with Gasteiger partial charge in [0.15, 0.2) is 0 Å². The van der Waals surface area contributed by atoms with Crippen LogP contribution in [0.1, 0.15) is 24.0 Å². The SMILES string of the molecule is NC[C@H]1CC[C@@H](C(=O)N2CCc3ccc([N+](=O)[O-])cc3C2)O1. The molecule has 0 unspecified atom stereocenters. The quantitative estimate of drug-likeness (QED) is 0.663. The molecule has 2 aliphatic rings. The second-order valence-electron chi connectivity index (χ2n) is 5.78. The fourth-order valence-electron chi connectivity index (χ4n) is 3.11. The monoisotopic (exact) mass is 305 g/mol. The molecule has 7 nitrogen and oxygen atoms in total. The minimum atomic E-state index is -0.422. The zero-order valence-electron chi connectivity index (χ0n) is 12.2. The van der Waals surface area contributed by atoms with Crippen molar-refractivity contribution in [3.8, 4) is 0 Å².